The average Bonchev–Trinajstić information content (AvgIpc) is 3.12. The fourth-order valence-electron chi connectivity index (χ4n) is 3.83. The molecule has 1 aliphatic rings. The maximum Gasteiger partial charge on any atom is 0.147 e. The number of fused-ring (bicyclic) bond motifs is 1. The smallest absolute Gasteiger partial charge is 0.147 e. The van der Waals surface area contributed by atoms with Gasteiger partial charge >= 0.3 is 0 Å². The topological polar surface area (TPSA) is 74.1 Å². The Morgan fingerprint density at radius 1 is 0.933 bits per heavy atom. The first-order chi connectivity index (χ1) is 14.7. The van der Waals surface area contributed by atoms with E-state index in [0.29, 0.717) is 5.92 Å². The van der Waals surface area contributed by atoms with Gasteiger partial charge in [0.05, 0.1) is 25.6 Å². The molecule has 2 aromatic carbocycles. The number of methoxy groups -OCH3 is 2. The van der Waals surface area contributed by atoms with Crippen molar-refractivity contribution in [2.45, 2.75) is 5.92 Å². The largest absolute Gasteiger partial charge is 0.496 e. The van der Waals surface area contributed by atoms with Gasteiger partial charge in [0, 0.05) is 43.2 Å². The van der Waals surface area contributed by atoms with E-state index in [4.69, 9.17) is 9.47 Å². The van der Waals surface area contributed by atoms with E-state index in [2.05, 4.69) is 38.8 Å². The minimum atomic E-state index is 0.466. The van der Waals surface area contributed by atoms with Crippen molar-refractivity contribution >= 4 is 10.9 Å². The summed E-state index contributed by atoms with van der Waals surface area (Å²) in [5.74, 6) is 1.97. The maximum atomic E-state index is 5.69. The number of hydrogen-bond donors (Lipinski definition) is 1. The predicted octanol–water partition coefficient (Wildman–Crippen LogP) is 3.40. The van der Waals surface area contributed by atoms with Crippen LogP contribution in [0.5, 0.6) is 11.5 Å². The van der Waals surface area contributed by atoms with Gasteiger partial charge in [-0.3, -0.25) is 4.68 Å². The highest BCUT2D eigenvalue weighted by Crippen LogP contribution is 2.36. The van der Waals surface area contributed by atoms with Crippen molar-refractivity contribution < 1.29 is 9.47 Å². The molecule has 30 heavy (non-hydrogen) atoms. The molecule has 1 saturated heterocycles. The van der Waals surface area contributed by atoms with Gasteiger partial charge in [-0.25, -0.2) is 0 Å². The van der Waals surface area contributed by atoms with E-state index in [1.54, 1.807) is 18.9 Å². The van der Waals surface area contributed by atoms with Crippen LogP contribution in [-0.4, -0.2) is 47.3 Å². The number of ether oxygens (including phenoxy) is 2. The first-order valence-electron chi connectivity index (χ1n) is 9.91. The van der Waals surface area contributed by atoms with Crippen LogP contribution in [0.1, 0.15) is 11.6 Å². The standard InChI is InChI=1S/C23H23N5O2/c1-28-13-16-8-15(10-22(30-3)23(16)27-28)14-4-5-18(21(9-14)29-2)20-7-6-19(25-26-20)17-11-24-12-17/h4-10,13,17,24H,11-12H2,1-3H3. The third-order valence-electron chi connectivity index (χ3n) is 5.60. The predicted molar refractivity (Wildman–Crippen MR) is 116 cm³/mol. The number of nitrogens with one attached hydrogen (secondary N) is 1. The Kier molecular flexibility index (Phi) is 4.59. The van der Waals surface area contributed by atoms with Crippen molar-refractivity contribution in [3.05, 3.63) is 54.4 Å². The van der Waals surface area contributed by atoms with Crippen molar-refractivity contribution in [2.75, 3.05) is 27.3 Å². The van der Waals surface area contributed by atoms with Gasteiger partial charge in [-0.15, -0.1) is 0 Å². The summed E-state index contributed by atoms with van der Waals surface area (Å²) in [7, 11) is 5.25. The Hall–Kier alpha value is -3.45. The fraction of sp³-hybridized carbons (Fsp3) is 0.261. The zero-order valence-corrected chi connectivity index (χ0v) is 17.2. The SMILES string of the molecule is COc1cc(-c2cc(OC)c3nn(C)cc3c2)ccc1-c1ccc(C2CNC2)nn1. The lowest BCUT2D eigenvalue weighted by atomic mass is 9.98. The summed E-state index contributed by atoms with van der Waals surface area (Å²) < 4.78 is 13.1. The van der Waals surface area contributed by atoms with Crippen LogP contribution in [0.4, 0.5) is 0 Å². The molecular weight excluding hydrogens is 378 g/mol. The summed E-state index contributed by atoms with van der Waals surface area (Å²) in [6.07, 6.45) is 1.99. The van der Waals surface area contributed by atoms with E-state index in [1.165, 1.54) is 0 Å². The second-order valence-electron chi connectivity index (χ2n) is 7.53. The number of benzene rings is 2. The number of aromatic nitrogens is 4. The summed E-state index contributed by atoms with van der Waals surface area (Å²) in [6.45, 7) is 1.94. The van der Waals surface area contributed by atoms with Crippen LogP contribution < -0.4 is 14.8 Å². The van der Waals surface area contributed by atoms with E-state index >= 15 is 0 Å². The maximum absolute atomic E-state index is 5.69. The van der Waals surface area contributed by atoms with E-state index in [9.17, 15) is 0 Å². The molecule has 0 bridgehead atoms. The molecule has 0 saturated carbocycles. The van der Waals surface area contributed by atoms with Crippen LogP contribution in [0.15, 0.2) is 48.7 Å². The first-order valence-corrected chi connectivity index (χ1v) is 9.91. The molecule has 5 rings (SSSR count). The molecule has 0 amide bonds. The van der Waals surface area contributed by atoms with Crippen LogP contribution in [0.25, 0.3) is 33.3 Å². The van der Waals surface area contributed by atoms with Crippen molar-refractivity contribution in [3.8, 4) is 33.9 Å². The van der Waals surface area contributed by atoms with E-state index in [1.807, 2.05) is 37.5 Å². The van der Waals surface area contributed by atoms with Crippen LogP contribution in [-0.2, 0) is 7.05 Å². The highest BCUT2D eigenvalue weighted by atomic mass is 16.5. The lowest BCUT2D eigenvalue weighted by molar-refractivity contribution is 0.416. The van der Waals surface area contributed by atoms with Crippen LogP contribution in [0, 0.1) is 0 Å². The Labute approximate surface area is 174 Å². The molecule has 0 aliphatic carbocycles. The molecular formula is C23H23N5O2. The molecule has 0 radical (unpaired) electrons. The fourth-order valence-corrected chi connectivity index (χ4v) is 3.83. The lowest BCUT2D eigenvalue weighted by Gasteiger charge is -2.25. The molecule has 7 heteroatoms. The summed E-state index contributed by atoms with van der Waals surface area (Å²) >= 11 is 0. The number of hydrogen-bond acceptors (Lipinski definition) is 6. The number of rotatable bonds is 5. The molecule has 0 unspecified atom stereocenters. The van der Waals surface area contributed by atoms with Gasteiger partial charge in [0.1, 0.15) is 17.0 Å². The lowest BCUT2D eigenvalue weighted by Crippen LogP contribution is -2.40. The quantitative estimate of drug-likeness (QED) is 0.553. The second kappa shape index (κ2) is 7.42. The molecule has 2 aromatic heterocycles. The molecule has 0 atom stereocenters. The first kappa shape index (κ1) is 18.6. The average molecular weight is 401 g/mol. The normalized spacial score (nSPS) is 14.0. The zero-order valence-electron chi connectivity index (χ0n) is 17.2. The van der Waals surface area contributed by atoms with E-state index in [-0.39, 0.29) is 0 Å². The molecule has 7 nitrogen and oxygen atoms in total. The van der Waals surface area contributed by atoms with Gasteiger partial charge in [0.25, 0.3) is 0 Å². The summed E-state index contributed by atoms with van der Waals surface area (Å²) in [5.41, 5.74) is 5.67. The Balaban J connectivity index is 1.53. The zero-order chi connectivity index (χ0) is 20.7. The highest BCUT2D eigenvalue weighted by Gasteiger charge is 2.21. The van der Waals surface area contributed by atoms with Gasteiger partial charge in [-0.2, -0.15) is 15.3 Å². The Bertz CT molecular complexity index is 1210. The third kappa shape index (κ3) is 3.17. The Morgan fingerprint density at radius 3 is 2.40 bits per heavy atom. The highest BCUT2D eigenvalue weighted by molar-refractivity contribution is 5.90. The third-order valence-corrected chi connectivity index (χ3v) is 5.60. The molecule has 1 aliphatic heterocycles. The van der Waals surface area contributed by atoms with Crippen molar-refractivity contribution in [1.29, 1.82) is 0 Å². The second-order valence-corrected chi connectivity index (χ2v) is 7.53. The minimum absolute atomic E-state index is 0.466. The molecule has 1 fully saturated rings. The minimum Gasteiger partial charge on any atom is -0.496 e. The van der Waals surface area contributed by atoms with Gasteiger partial charge < -0.3 is 14.8 Å². The van der Waals surface area contributed by atoms with Crippen molar-refractivity contribution in [2.24, 2.45) is 7.05 Å². The van der Waals surface area contributed by atoms with Crippen molar-refractivity contribution in [3.63, 3.8) is 0 Å². The van der Waals surface area contributed by atoms with Crippen molar-refractivity contribution in [1.82, 2.24) is 25.3 Å². The van der Waals surface area contributed by atoms with Gasteiger partial charge in [0.2, 0.25) is 0 Å². The molecule has 0 spiro atoms. The summed E-state index contributed by atoms with van der Waals surface area (Å²) in [4.78, 5) is 0. The summed E-state index contributed by atoms with van der Waals surface area (Å²) in [6, 6.07) is 14.3. The summed E-state index contributed by atoms with van der Waals surface area (Å²) in [5, 5.41) is 17.6. The van der Waals surface area contributed by atoms with Gasteiger partial charge in [-0.1, -0.05) is 6.07 Å². The van der Waals surface area contributed by atoms with Crippen LogP contribution in [0.3, 0.4) is 0 Å². The molecule has 4 aromatic rings. The monoisotopic (exact) mass is 401 g/mol. The number of nitrogens with zero attached hydrogens (tertiary/aromatic N) is 4. The van der Waals surface area contributed by atoms with Crippen LogP contribution in [0.2, 0.25) is 0 Å². The van der Waals surface area contributed by atoms with Gasteiger partial charge in [0.15, 0.2) is 0 Å². The van der Waals surface area contributed by atoms with E-state index in [0.717, 1.165) is 63.6 Å². The molecule has 1 N–H and O–H groups in total. The number of aryl methyl sites for hydroxylation is 1. The molecule has 152 valence electrons. The van der Waals surface area contributed by atoms with Crippen LogP contribution >= 0.6 is 0 Å². The molecule has 3 heterocycles. The Morgan fingerprint density at radius 2 is 1.73 bits per heavy atom. The van der Waals surface area contributed by atoms with Gasteiger partial charge in [-0.05, 0) is 47.5 Å². The van der Waals surface area contributed by atoms with E-state index < -0.39 is 0 Å².